The van der Waals surface area contributed by atoms with Crippen LogP contribution in [0.3, 0.4) is 0 Å². The smallest absolute Gasteiger partial charge is 0.339 e. The van der Waals surface area contributed by atoms with Crippen LogP contribution >= 0.6 is 0 Å². The molecule has 0 atom stereocenters. The van der Waals surface area contributed by atoms with Gasteiger partial charge in [-0.05, 0) is 24.3 Å². The predicted molar refractivity (Wildman–Crippen MR) is 67.0 cm³/mol. The quantitative estimate of drug-likeness (QED) is 0.366. The molecule has 10 heteroatoms. The largest absolute Gasteiger partial charge is 0.497 e. The average Bonchev–Trinajstić information content (AvgIpc) is 2.55. The normalized spacial score (nSPS) is 11.4. The maximum atomic E-state index is 13.4. The van der Waals surface area contributed by atoms with Gasteiger partial charge >= 0.3 is 10.1 Å². The fraction of sp³-hybridized carbons (Fsp3) is 0.0769. The lowest BCUT2D eigenvalue weighted by atomic mass is 10.3. The SMILES string of the molecule is COc1ccc(S(=O)(=O)Oc2c(F)c(F)c(F)c(F)c2F)cc1. The summed E-state index contributed by atoms with van der Waals surface area (Å²) in [6.07, 6.45) is 0. The van der Waals surface area contributed by atoms with Crippen molar-refractivity contribution in [3.8, 4) is 11.5 Å². The maximum Gasteiger partial charge on any atom is 0.339 e. The Balaban J connectivity index is 2.49. The molecule has 4 nitrogen and oxygen atoms in total. The zero-order chi connectivity index (χ0) is 17.4. The number of hydrogen-bond donors (Lipinski definition) is 0. The molecular formula is C13H7F5O4S. The third-order valence-electron chi connectivity index (χ3n) is 2.71. The first-order chi connectivity index (χ1) is 10.7. The van der Waals surface area contributed by atoms with Crippen LogP contribution in [0.5, 0.6) is 11.5 Å². The summed E-state index contributed by atoms with van der Waals surface area (Å²) in [5.41, 5.74) is 0. The van der Waals surface area contributed by atoms with E-state index >= 15 is 0 Å². The van der Waals surface area contributed by atoms with Gasteiger partial charge in [0.15, 0.2) is 0 Å². The van der Waals surface area contributed by atoms with Gasteiger partial charge in [0, 0.05) is 0 Å². The van der Waals surface area contributed by atoms with E-state index in [2.05, 4.69) is 4.18 Å². The number of halogens is 5. The first-order valence-electron chi connectivity index (χ1n) is 5.79. The van der Waals surface area contributed by atoms with E-state index in [0.717, 1.165) is 12.1 Å². The van der Waals surface area contributed by atoms with Crippen LogP contribution < -0.4 is 8.92 Å². The number of rotatable bonds is 4. The van der Waals surface area contributed by atoms with Gasteiger partial charge in [0.25, 0.3) is 0 Å². The molecule has 2 rings (SSSR count). The van der Waals surface area contributed by atoms with E-state index in [9.17, 15) is 30.4 Å². The predicted octanol–water partition coefficient (Wildman–Crippen LogP) is 3.16. The second kappa shape index (κ2) is 6.03. The lowest BCUT2D eigenvalue weighted by molar-refractivity contribution is 0.346. The van der Waals surface area contributed by atoms with Crippen molar-refractivity contribution in [3.05, 3.63) is 53.4 Å². The molecule has 0 aliphatic rings. The van der Waals surface area contributed by atoms with Crippen LogP contribution in [0.1, 0.15) is 0 Å². The van der Waals surface area contributed by atoms with Gasteiger partial charge in [0.1, 0.15) is 10.6 Å². The van der Waals surface area contributed by atoms with E-state index in [1.54, 1.807) is 0 Å². The van der Waals surface area contributed by atoms with Gasteiger partial charge in [-0.2, -0.15) is 17.2 Å². The fourth-order valence-corrected chi connectivity index (χ4v) is 2.49. The summed E-state index contributed by atoms with van der Waals surface area (Å²) in [6, 6.07) is 4.35. The summed E-state index contributed by atoms with van der Waals surface area (Å²) < 4.78 is 98.4. The van der Waals surface area contributed by atoms with Crippen LogP contribution in [0.4, 0.5) is 22.0 Å². The number of ether oxygens (including phenoxy) is 1. The molecule has 124 valence electrons. The molecule has 23 heavy (non-hydrogen) atoms. The molecular weight excluding hydrogens is 347 g/mol. The highest BCUT2D eigenvalue weighted by atomic mass is 32.2. The number of hydrogen-bond acceptors (Lipinski definition) is 4. The lowest BCUT2D eigenvalue weighted by Crippen LogP contribution is -2.14. The third-order valence-corrected chi connectivity index (χ3v) is 3.95. The lowest BCUT2D eigenvalue weighted by Gasteiger charge is -2.10. The first-order valence-corrected chi connectivity index (χ1v) is 7.20. The summed E-state index contributed by atoms with van der Waals surface area (Å²) in [5, 5.41) is 0. The molecule has 0 aromatic heterocycles. The van der Waals surface area contributed by atoms with E-state index in [-0.39, 0.29) is 5.75 Å². The van der Waals surface area contributed by atoms with Crippen LogP contribution in [0.15, 0.2) is 29.2 Å². The van der Waals surface area contributed by atoms with Crippen LogP contribution in [0.2, 0.25) is 0 Å². The van der Waals surface area contributed by atoms with Gasteiger partial charge in [-0.3, -0.25) is 0 Å². The van der Waals surface area contributed by atoms with Crippen molar-refractivity contribution >= 4 is 10.1 Å². The zero-order valence-electron chi connectivity index (χ0n) is 11.2. The van der Waals surface area contributed by atoms with Crippen LogP contribution in [0.25, 0.3) is 0 Å². The standard InChI is InChI=1S/C13H7F5O4S/c1-21-6-2-4-7(5-3-6)23(19,20)22-13-11(17)9(15)8(14)10(16)12(13)18/h2-5H,1H3. The Kier molecular flexibility index (Phi) is 4.46. The van der Waals surface area contributed by atoms with E-state index in [4.69, 9.17) is 4.74 Å². The Hall–Kier alpha value is -2.36. The molecule has 0 saturated heterocycles. The topological polar surface area (TPSA) is 52.6 Å². The Morgan fingerprint density at radius 1 is 0.783 bits per heavy atom. The zero-order valence-corrected chi connectivity index (χ0v) is 12.1. The van der Waals surface area contributed by atoms with Crippen molar-refractivity contribution in [1.29, 1.82) is 0 Å². The molecule has 0 heterocycles. The summed E-state index contributed by atoms with van der Waals surface area (Å²) in [6.45, 7) is 0. The van der Waals surface area contributed by atoms with Crippen molar-refractivity contribution in [2.75, 3.05) is 7.11 Å². The van der Waals surface area contributed by atoms with Crippen molar-refractivity contribution in [1.82, 2.24) is 0 Å². The Morgan fingerprint density at radius 2 is 1.22 bits per heavy atom. The summed E-state index contributed by atoms with van der Waals surface area (Å²) in [7, 11) is -3.51. The molecule has 0 saturated carbocycles. The number of methoxy groups -OCH3 is 1. The van der Waals surface area contributed by atoms with Crippen LogP contribution in [-0.4, -0.2) is 15.5 Å². The molecule has 0 N–H and O–H groups in total. The van der Waals surface area contributed by atoms with E-state index in [1.807, 2.05) is 0 Å². The Bertz CT molecular complexity index is 821. The van der Waals surface area contributed by atoms with Crippen LogP contribution in [0, 0.1) is 29.1 Å². The molecule has 0 spiro atoms. The highest BCUT2D eigenvalue weighted by molar-refractivity contribution is 7.87. The van der Waals surface area contributed by atoms with Crippen molar-refractivity contribution in [2.45, 2.75) is 4.90 Å². The van der Waals surface area contributed by atoms with Crippen molar-refractivity contribution in [2.24, 2.45) is 0 Å². The summed E-state index contributed by atoms with van der Waals surface area (Å²) >= 11 is 0. The van der Waals surface area contributed by atoms with E-state index < -0.39 is 49.8 Å². The minimum atomic E-state index is -4.82. The summed E-state index contributed by atoms with van der Waals surface area (Å²) in [4.78, 5) is -0.567. The Labute approximate surface area is 127 Å². The van der Waals surface area contributed by atoms with Crippen molar-refractivity contribution in [3.63, 3.8) is 0 Å². The van der Waals surface area contributed by atoms with Crippen LogP contribution in [-0.2, 0) is 10.1 Å². The molecule has 0 radical (unpaired) electrons. The van der Waals surface area contributed by atoms with Crippen molar-refractivity contribution < 1.29 is 39.3 Å². The number of benzene rings is 2. The molecule has 0 fully saturated rings. The van der Waals surface area contributed by atoms with E-state index in [1.165, 1.54) is 19.2 Å². The molecule has 2 aromatic carbocycles. The molecule has 0 aliphatic heterocycles. The van der Waals surface area contributed by atoms with Gasteiger partial charge in [-0.15, -0.1) is 0 Å². The second-order valence-electron chi connectivity index (χ2n) is 4.11. The van der Waals surface area contributed by atoms with Gasteiger partial charge < -0.3 is 8.92 Å². The second-order valence-corrected chi connectivity index (χ2v) is 5.66. The van der Waals surface area contributed by atoms with Gasteiger partial charge in [0.05, 0.1) is 7.11 Å². The van der Waals surface area contributed by atoms with Gasteiger partial charge in [0.2, 0.25) is 34.8 Å². The maximum absolute atomic E-state index is 13.4. The third kappa shape index (κ3) is 3.07. The molecule has 0 amide bonds. The van der Waals surface area contributed by atoms with Gasteiger partial charge in [-0.25, -0.2) is 13.2 Å². The molecule has 0 bridgehead atoms. The molecule has 2 aromatic rings. The fourth-order valence-electron chi connectivity index (χ4n) is 1.56. The van der Waals surface area contributed by atoms with Gasteiger partial charge in [-0.1, -0.05) is 0 Å². The monoisotopic (exact) mass is 354 g/mol. The average molecular weight is 354 g/mol. The minimum Gasteiger partial charge on any atom is -0.497 e. The Morgan fingerprint density at radius 3 is 1.65 bits per heavy atom. The van der Waals surface area contributed by atoms with E-state index in [0.29, 0.717) is 0 Å². The molecule has 0 aliphatic carbocycles. The first kappa shape index (κ1) is 17.0. The molecule has 0 unspecified atom stereocenters. The highest BCUT2D eigenvalue weighted by Crippen LogP contribution is 2.31. The summed E-state index contributed by atoms with van der Waals surface area (Å²) in [5.74, 6) is -13.5. The highest BCUT2D eigenvalue weighted by Gasteiger charge is 2.30. The minimum absolute atomic E-state index is 0.278.